The molecule has 1 atom stereocenters. The van der Waals surface area contributed by atoms with E-state index in [1.165, 1.54) is 36.8 Å². The van der Waals surface area contributed by atoms with Gasteiger partial charge in [0.1, 0.15) is 0 Å². The lowest BCUT2D eigenvalue weighted by Crippen LogP contribution is -2.38. The molecule has 0 bridgehead atoms. The minimum absolute atomic E-state index is 0.629. The summed E-state index contributed by atoms with van der Waals surface area (Å²) in [6.07, 6.45) is 7.74. The molecule has 2 aromatic rings. The molecule has 1 nitrogen and oxygen atoms in total. The highest BCUT2D eigenvalue weighted by Gasteiger charge is 2.25. The second kappa shape index (κ2) is 8.31. The molecule has 0 amide bonds. The molecule has 0 aromatic heterocycles. The highest BCUT2D eigenvalue weighted by atomic mass is 15.2. The van der Waals surface area contributed by atoms with Gasteiger partial charge in [-0.2, -0.15) is 0 Å². The summed E-state index contributed by atoms with van der Waals surface area (Å²) < 4.78 is 0. The zero-order valence-corrected chi connectivity index (χ0v) is 14.2. The molecule has 0 saturated heterocycles. The molecule has 3 rings (SSSR count). The Hall–Kier alpha value is -1.60. The minimum atomic E-state index is 0.629. The van der Waals surface area contributed by atoms with Crippen molar-refractivity contribution in [1.29, 1.82) is 0 Å². The van der Waals surface area contributed by atoms with Crippen LogP contribution in [-0.2, 0) is 13.1 Å². The zero-order chi connectivity index (χ0) is 15.9. The lowest BCUT2D eigenvalue weighted by Gasteiger charge is -2.37. The van der Waals surface area contributed by atoms with E-state index in [0.717, 1.165) is 19.0 Å². The van der Waals surface area contributed by atoms with Gasteiger partial charge in [-0.05, 0) is 56.1 Å². The van der Waals surface area contributed by atoms with Crippen molar-refractivity contribution in [3.63, 3.8) is 0 Å². The molecule has 23 heavy (non-hydrogen) atoms. The standard InChI is InChI=1S/C22H28N/c1-19(22-15-9-4-10-16-22)23(17-20-11-5-2-6-12-20)18-21-13-7-3-8-14-21/h2-8,11-14,19,22H,9-10,15-18H2,1H3/t19-/m0/s1. The quantitative estimate of drug-likeness (QED) is 0.684. The van der Waals surface area contributed by atoms with Gasteiger partial charge in [0.15, 0.2) is 0 Å². The van der Waals surface area contributed by atoms with Crippen LogP contribution in [0.4, 0.5) is 0 Å². The first-order valence-corrected chi connectivity index (χ1v) is 8.96. The van der Waals surface area contributed by atoms with E-state index in [1.54, 1.807) is 0 Å². The van der Waals surface area contributed by atoms with E-state index >= 15 is 0 Å². The van der Waals surface area contributed by atoms with Gasteiger partial charge in [0.05, 0.1) is 0 Å². The average Bonchev–Trinajstić information content (AvgIpc) is 2.63. The predicted octanol–water partition coefficient (Wildman–Crippen LogP) is 5.47. The number of nitrogens with zero attached hydrogens (tertiary/aromatic N) is 1. The predicted molar refractivity (Wildman–Crippen MR) is 97.9 cm³/mol. The Bertz CT molecular complexity index is 516. The first-order chi connectivity index (χ1) is 11.3. The van der Waals surface area contributed by atoms with Crippen molar-refractivity contribution in [2.45, 2.75) is 51.7 Å². The molecule has 121 valence electrons. The maximum absolute atomic E-state index is 2.67. The molecule has 1 aliphatic rings. The summed E-state index contributed by atoms with van der Waals surface area (Å²) in [5.74, 6) is 0.826. The van der Waals surface area contributed by atoms with Gasteiger partial charge in [-0.3, -0.25) is 4.90 Å². The molecular weight excluding hydrogens is 278 g/mol. The molecule has 0 heterocycles. The summed E-state index contributed by atoms with van der Waals surface area (Å²) in [7, 11) is 0. The number of rotatable bonds is 6. The van der Waals surface area contributed by atoms with Crippen molar-refractivity contribution in [3.8, 4) is 0 Å². The second-order valence-electron chi connectivity index (χ2n) is 6.82. The van der Waals surface area contributed by atoms with Crippen LogP contribution in [0.5, 0.6) is 0 Å². The zero-order valence-electron chi connectivity index (χ0n) is 14.2. The minimum Gasteiger partial charge on any atom is -0.292 e. The van der Waals surface area contributed by atoms with Crippen LogP contribution in [-0.4, -0.2) is 10.9 Å². The summed E-state index contributed by atoms with van der Waals surface area (Å²) in [4.78, 5) is 2.67. The van der Waals surface area contributed by atoms with Crippen molar-refractivity contribution in [1.82, 2.24) is 4.90 Å². The van der Waals surface area contributed by atoms with Gasteiger partial charge in [0, 0.05) is 19.1 Å². The third-order valence-corrected chi connectivity index (χ3v) is 5.20. The molecule has 0 unspecified atom stereocenters. The fourth-order valence-electron chi connectivity index (χ4n) is 3.71. The van der Waals surface area contributed by atoms with Gasteiger partial charge >= 0.3 is 0 Å². The van der Waals surface area contributed by atoms with Crippen molar-refractivity contribution in [3.05, 3.63) is 78.2 Å². The van der Waals surface area contributed by atoms with Crippen LogP contribution in [0.15, 0.2) is 60.7 Å². The maximum atomic E-state index is 2.67. The van der Waals surface area contributed by atoms with Crippen molar-refractivity contribution >= 4 is 0 Å². The Morgan fingerprint density at radius 3 is 1.78 bits per heavy atom. The monoisotopic (exact) mass is 306 g/mol. The SMILES string of the molecule is C[C@@H](C1CC[CH]CC1)N(Cc1ccccc1)Cc1ccccc1. The van der Waals surface area contributed by atoms with Crippen LogP contribution >= 0.6 is 0 Å². The molecule has 1 aliphatic carbocycles. The Balaban J connectivity index is 1.74. The fraction of sp³-hybridized carbons (Fsp3) is 0.409. The van der Waals surface area contributed by atoms with Crippen molar-refractivity contribution in [2.75, 3.05) is 0 Å². The van der Waals surface area contributed by atoms with E-state index in [-0.39, 0.29) is 0 Å². The van der Waals surface area contributed by atoms with E-state index in [1.807, 2.05) is 0 Å². The highest BCUT2D eigenvalue weighted by molar-refractivity contribution is 5.17. The lowest BCUT2D eigenvalue weighted by molar-refractivity contribution is 0.121. The third-order valence-electron chi connectivity index (χ3n) is 5.20. The van der Waals surface area contributed by atoms with E-state index in [4.69, 9.17) is 0 Å². The fourth-order valence-corrected chi connectivity index (χ4v) is 3.71. The number of hydrogen-bond acceptors (Lipinski definition) is 1. The normalized spacial score (nSPS) is 17.3. The van der Waals surface area contributed by atoms with E-state index in [2.05, 4.69) is 78.9 Å². The Morgan fingerprint density at radius 2 is 1.30 bits per heavy atom. The third kappa shape index (κ3) is 4.68. The molecule has 0 aliphatic heterocycles. The lowest BCUT2D eigenvalue weighted by atomic mass is 9.83. The maximum Gasteiger partial charge on any atom is 0.0240 e. The first-order valence-electron chi connectivity index (χ1n) is 8.96. The average molecular weight is 306 g/mol. The molecule has 2 aromatic carbocycles. The van der Waals surface area contributed by atoms with E-state index in [0.29, 0.717) is 6.04 Å². The van der Waals surface area contributed by atoms with Crippen LogP contribution in [0.3, 0.4) is 0 Å². The summed E-state index contributed by atoms with van der Waals surface area (Å²) in [6.45, 7) is 4.51. The van der Waals surface area contributed by atoms with Crippen LogP contribution in [0, 0.1) is 12.3 Å². The van der Waals surface area contributed by atoms with Crippen molar-refractivity contribution in [2.24, 2.45) is 5.92 Å². The second-order valence-corrected chi connectivity index (χ2v) is 6.82. The van der Waals surface area contributed by atoms with Gasteiger partial charge in [-0.1, -0.05) is 60.7 Å². The van der Waals surface area contributed by atoms with E-state index in [9.17, 15) is 0 Å². The molecule has 1 saturated carbocycles. The summed E-state index contributed by atoms with van der Waals surface area (Å²) in [6, 6.07) is 22.4. The van der Waals surface area contributed by atoms with Crippen LogP contribution < -0.4 is 0 Å². The number of benzene rings is 2. The van der Waals surface area contributed by atoms with E-state index < -0.39 is 0 Å². The van der Waals surface area contributed by atoms with Gasteiger partial charge < -0.3 is 0 Å². The van der Waals surface area contributed by atoms with Gasteiger partial charge in [-0.15, -0.1) is 0 Å². The summed E-state index contributed by atoms with van der Waals surface area (Å²) in [5.41, 5.74) is 2.83. The van der Waals surface area contributed by atoms with Crippen LogP contribution in [0.1, 0.15) is 43.7 Å². The van der Waals surface area contributed by atoms with Gasteiger partial charge in [-0.25, -0.2) is 0 Å². The number of hydrogen-bond donors (Lipinski definition) is 0. The molecule has 0 N–H and O–H groups in total. The topological polar surface area (TPSA) is 3.24 Å². The molecular formula is C22H28N. The molecule has 1 radical (unpaired) electrons. The Labute approximate surface area is 141 Å². The molecule has 1 fully saturated rings. The van der Waals surface area contributed by atoms with Gasteiger partial charge in [0.2, 0.25) is 0 Å². The molecule has 1 heteroatoms. The van der Waals surface area contributed by atoms with Crippen LogP contribution in [0.25, 0.3) is 0 Å². The Kier molecular flexibility index (Phi) is 5.87. The summed E-state index contributed by atoms with van der Waals surface area (Å²) in [5, 5.41) is 0. The van der Waals surface area contributed by atoms with Crippen LogP contribution in [0.2, 0.25) is 0 Å². The highest BCUT2D eigenvalue weighted by Crippen LogP contribution is 2.30. The molecule has 0 spiro atoms. The largest absolute Gasteiger partial charge is 0.292 e. The smallest absolute Gasteiger partial charge is 0.0240 e. The van der Waals surface area contributed by atoms with Crippen molar-refractivity contribution < 1.29 is 0 Å². The summed E-state index contributed by atoms with van der Waals surface area (Å²) >= 11 is 0. The Morgan fingerprint density at radius 1 is 0.826 bits per heavy atom. The van der Waals surface area contributed by atoms with Gasteiger partial charge in [0.25, 0.3) is 0 Å². The first kappa shape index (κ1) is 16.3.